The van der Waals surface area contributed by atoms with Crippen molar-refractivity contribution in [3.63, 3.8) is 0 Å². The van der Waals surface area contributed by atoms with Crippen LogP contribution in [0.2, 0.25) is 5.02 Å². The molecule has 2 aromatic rings. The van der Waals surface area contributed by atoms with Gasteiger partial charge in [-0.15, -0.1) is 0 Å². The first-order valence-corrected chi connectivity index (χ1v) is 6.08. The Morgan fingerprint density at radius 1 is 1.53 bits per heavy atom. The Morgan fingerprint density at radius 2 is 2.24 bits per heavy atom. The summed E-state index contributed by atoms with van der Waals surface area (Å²) in [5, 5.41) is 14.9. The number of nitrogens with two attached hydrogens (primary N) is 1. The molecule has 0 fully saturated rings. The van der Waals surface area contributed by atoms with Crippen LogP contribution in [0, 0.1) is 0 Å². The molecule has 3 N–H and O–H groups in total. The van der Waals surface area contributed by atoms with Crippen LogP contribution in [-0.4, -0.2) is 14.9 Å². The third-order valence-electron chi connectivity index (χ3n) is 2.54. The van der Waals surface area contributed by atoms with E-state index in [9.17, 15) is 5.11 Å². The van der Waals surface area contributed by atoms with Crippen molar-refractivity contribution < 1.29 is 5.11 Å². The van der Waals surface area contributed by atoms with Crippen LogP contribution in [0.5, 0.6) is 0 Å². The van der Waals surface area contributed by atoms with Crippen molar-refractivity contribution in [2.45, 2.75) is 6.10 Å². The van der Waals surface area contributed by atoms with Crippen molar-refractivity contribution in [2.24, 2.45) is 7.05 Å². The molecular weight excluding hydrogens is 305 g/mol. The maximum absolute atomic E-state index is 10.3. The standard InChI is InChI=1S/C11H11BrClN3O/c1-16-10(8(12)5-15-16)11(17)7-3-2-6(13)4-9(7)14/h2-5,11,17H,14H2,1H3. The average molecular weight is 317 g/mol. The van der Waals surface area contributed by atoms with Crippen molar-refractivity contribution in [3.05, 3.63) is 45.1 Å². The average Bonchev–Trinajstić information content (AvgIpc) is 2.58. The molecule has 0 radical (unpaired) electrons. The van der Waals surface area contributed by atoms with E-state index in [-0.39, 0.29) is 0 Å². The second kappa shape index (κ2) is 4.68. The SMILES string of the molecule is Cn1ncc(Br)c1C(O)c1ccc(Cl)cc1N. The van der Waals surface area contributed by atoms with Crippen molar-refractivity contribution in [3.8, 4) is 0 Å². The van der Waals surface area contributed by atoms with Crippen LogP contribution in [0.25, 0.3) is 0 Å². The lowest BCUT2D eigenvalue weighted by Gasteiger charge is -2.14. The van der Waals surface area contributed by atoms with E-state index in [1.165, 1.54) is 0 Å². The van der Waals surface area contributed by atoms with Gasteiger partial charge in [-0.05, 0) is 28.1 Å². The summed E-state index contributed by atoms with van der Waals surface area (Å²) in [6.07, 6.45) is 0.791. The van der Waals surface area contributed by atoms with E-state index in [2.05, 4.69) is 21.0 Å². The Morgan fingerprint density at radius 3 is 2.76 bits per heavy atom. The highest BCUT2D eigenvalue weighted by atomic mass is 79.9. The Kier molecular flexibility index (Phi) is 3.42. The van der Waals surface area contributed by atoms with Gasteiger partial charge in [0.1, 0.15) is 6.10 Å². The number of aromatic nitrogens is 2. The predicted octanol–water partition coefficient (Wildman–Crippen LogP) is 2.50. The van der Waals surface area contributed by atoms with E-state index >= 15 is 0 Å². The number of aryl methyl sites for hydroxylation is 1. The van der Waals surface area contributed by atoms with Gasteiger partial charge in [-0.3, -0.25) is 4.68 Å². The van der Waals surface area contributed by atoms with Gasteiger partial charge in [0.15, 0.2) is 0 Å². The molecule has 1 aromatic carbocycles. The zero-order chi connectivity index (χ0) is 12.6. The summed E-state index contributed by atoms with van der Waals surface area (Å²) in [4.78, 5) is 0. The molecule has 0 aliphatic rings. The van der Waals surface area contributed by atoms with Gasteiger partial charge in [0.25, 0.3) is 0 Å². The van der Waals surface area contributed by atoms with Crippen molar-refractivity contribution in [2.75, 3.05) is 5.73 Å². The molecule has 0 aliphatic carbocycles. The topological polar surface area (TPSA) is 64.1 Å². The number of nitrogens with zero attached hydrogens (tertiary/aromatic N) is 2. The van der Waals surface area contributed by atoms with Gasteiger partial charge in [-0.25, -0.2) is 0 Å². The summed E-state index contributed by atoms with van der Waals surface area (Å²) in [5.74, 6) is 0. The molecule has 0 amide bonds. The number of aliphatic hydroxyl groups excluding tert-OH is 1. The molecule has 4 nitrogen and oxygen atoms in total. The largest absolute Gasteiger partial charge is 0.398 e. The van der Waals surface area contributed by atoms with E-state index in [4.69, 9.17) is 17.3 Å². The maximum atomic E-state index is 10.3. The molecule has 0 bridgehead atoms. The van der Waals surface area contributed by atoms with Gasteiger partial charge in [0.05, 0.1) is 16.4 Å². The fourth-order valence-corrected chi connectivity index (χ4v) is 2.42. The number of anilines is 1. The van der Waals surface area contributed by atoms with E-state index in [1.807, 2.05) is 0 Å². The van der Waals surface area contributed by atoms with E-state index in [0.29, 0.717) is 22.0 Å². The number of nitrogen functional groups attached to an aromatic ring is 1. The van der Waals surface area contributed by atoms with Crippen LogP contribution in [0.4, 0.5) is 5.69 Å². The third kappa shape index (κ3) is 2.31. The molecular formula is C11H11BrClN3O. The van der Waals surface area contributed by atoms with E-state index < -0.39 is 6.10 Å². The Balaban J connectivity index is 2.47. The van der Waals surface area contributed by atoms with E-state index in [1.54, 1.807) is 36.1 Å². The van der Waals surface area contributed by atoms with Gasteiger partial charge in [0.2, 0.25) is 0 Å². The third-order valence-corrected chi connectivity index (χ3v) is 3.39. The lowest BCUT2D eigenvalue weighted by Crippen LogP contribution is -2.09. The maximum Gasteiger partial charge on any atom is 0.124 e. The van der Waals surface area contributed by atoms with Crippen LogP contribution in [0.3, 0.4) is 0 Å². The summed E-state index contributed by atoms with van der Waals surface area (Å²) in [5.41, 5.74) is 7.56. The minimum atomic E-state index is -0.839. The predicted molar refractivity (Wildman–Crippen MR) is 70.8 cm³/mol. The minimum absolute atomic E-state index is 0.457. The van der Waals surface area contributed by atoms with Crippen LogP contribution < -0.4 is 5.73 Å². The van der Waals surface area contributed by atoms with Gasteiger partial charge in [-0.2, -0.15) is 5.10 Å². The summed E-state index contributed by atoms with van der Waals surface area (Å²) >= 11 is 9.16. The highest BCUT2D eigenvalue weighted by molar-refractivity contribution is 9.10. The summed E-state index contributed by atoms with van der Waals surface area (Å²) in [6, 6.07) is 5.02. The van der Waals surface area contributed by atoms with Crippen LogP contribution in [0.15, 0.2) is 28.9 Å². The monoisotopic (exact) mass is 315 g/mol. The molecule has 0 spiro atoms. The first-order chi connectivity index (χ1) is 8.00. The Labute approximate surface area is 112 Å². The minimum Gasteiger partial charge on any atom is -0.398 e. The highest BCUT2D eigenvalue weighted by Crippen LogP contribution is 2.32. The second-order valence-electron chi connectivity index (χ2n) is 3.68. The molecule has 0 saturated carbocycles. The smallest absolute Gasteiger partial charge is 0.124 e. The Bertz CT molecular complexity index is 536. The van der Waals surface area contributed by atoms with Crippen molar-refractivity contribution in [1.82, 2.24) is 9.78 Å². The fraction of sp³-hybridized carbons (Fsp3) is 0.182. The number of halogens is 2. The molecule has 2 rings (SSSR count). The van der Waals surface area contributed by atoms with Gasteiger partial charge >= 0.3 is 0 Å². The lowest BCUT2D eigenvalue weighted by atomic mass is 10.0. The Hall–Kier alpha value is -1.04. The summed E-state index contributed by atoms with van der Waals surface area (Å²) < 4.78 is 2.34. The summed E-state index contributed by atoms with van der Waals surface area (Å²) in [7, 11) is 1.76. The van der Waals surface area contributed by atoms with Crippen LogP contribution in [0.1, 0.15) is 17.4 Å². The zero-order valence-electron chi connectivity index (χ0n) is 9.06. The van der Waals surface area contributed by atoms with Gasteiger partial charge < -0.3 is 10.8 Å². The summed E-state index contributed by atoms with van der Waals surface area (Å²) in [6.45, 7) is 0. The molecule has 17 heavy (non-hydrogen) atoms. The molecule has 1 atom stereocenters. The van der Waals surface area contributed by atoms with Crippen LogP contribution in [-0.2, 0) is 7.05 Å². The number of hydrogen-bond acceptors (Lipinski definition) is 3. The molecule has 0 saturated heterocycles. The number of hydrogen-bond donors (Lipinski definition) is 2. The normalized spacial score (nSPS) is 12.7. The number of rotatable bonds is 2. The first-order valence-electron chi connectivity index (χ1n) is 4.91. The lowest BCUT2D eigenvalue weighted by molar-refractivity contribution is 0.209. The molecule has 1 heterocycles. The highest BCUT2D eigenvalue weighted by Gasteiger charge is 2.20. The molecule has 0 aliphatic heterocycles. The van der Waals surface area contributed by atoms with Crippen LogP contribution >= 0.6 is 27.5 Å². The van der Waals surface area contributed by atoms with Gasteiger partial charge in [-0.1, -0.05) is 17.7 Å². The second-order valence-corrected chi connectivity index (χ2v) is 4.97. The van der Waals surface area contributed by atoms with Gasteiger partial charge in [0, 0.05) is 23.3 Å². The zero-order valence-corrected chi connectivity index (χ0v) is 11.4. The van der Waals surface area contributed by atoms with Crippen molar-refractivity contribution >= 4 is 33.2 Å². The number of benzene rings is 1. The quantitative estimate of drug-likeness (QED) is 0.837. The fourth-order valence-electron chi connectivity index (χ4n) is 1.67. The molecule has 1 unspecified atom stereocenters. The van der Waals surface area contributed by atoms with Crippen molar-refractivity contribution in [1.29, 1.82) is 0 Å². The molecule has 6 heteroatoms. The number of aliphatic hydroxyl groups is 1. The molecule has 1 aromatic heterocycles. The first kappa shape index (κ1) is 12.4. The molecule has 90 valence electrons. The van der Waals surface area contributed by atoms with E-state index in [0.717, 1.165) is 4.47 Å².